The highest BCUT2D eigenvalue weighted by atomic mass is 16.5. The summed E-state index contributed by atoms with van der Waals surface area (Å²) in [5.74, 6) is 1.61. The summed E-state index contributed by atoms with van der Waals surface area (Å²) in [6, 6.07) is 12.0. The molecule has 0 aliphatic rings. The summed E-state index contributed by atoms with van der Waals surface area (Å²) in [7, 11) is 3.44. The monoisotopic (exact) mass is 298 g/mol. The maximum absolute atomic E-state index is 5.41. The van der Waals surface area contributed by atoms with E-state index < -0.39 is 0 Å². The molecule has 2 N–H and O–H groups in total. The smallest absolute Gasteiger partial charge is 0.191 e. The molecule has 0 aliphatic carbocycles. The van der Waals surface area contributed by atoms with Crippen LogP contribution in [0.15, 0.2) is 47.6 Å². The van der Waals surface area contributed by atoms with Crippen molar-refractivity contribution in [2.45, 2.75) is 20.0 Å². The van der Waals surface area contributed by atoms with Crippen molar-refractivity contribution in [3.63, 3.8) is 0 Å². The lowest BCUT2D eigenvalue weighted by Gasteiger charge is -2.14. The molecule has 2 aromatic rings. The van der Waals surface area contributed by atoms with Crippen molar-refractivity contribution < 1.29 is 4.74 Å². The highest BCUT2D eigenvalue weighted by molar-refractivity contribution is 5.79. The molecule has 0 amide bonds. The van der Waals surface area contributed by atoms with Gasteiger partial charge in [-0.15, -0.1) is 0 Å². The highest BCUT2D eigenvalue weighted by Gasteiger charge is 2.05. The second kappa shape index (κ2) is 8.02. The summed E-state index contributed by atoms with van der Waals surface area (Å²) in [6.07, 6.45) is 1.78. The Morgan fingerprint density at radius 2 is 2.00 bits per heavy atom. The lowest BCUT2D eigenvalue weighted by Crippen LogP contribution is -2.36. The van der Waals surface area contributed by atoms with Crippen molar-refractivity contribution in [3.8, 4) is 5.75 Å². The van der Waals surface area contributed by atoms with E-state index in [1.54, 1.807) is 20.4 Å². The lowest BCUT2D eigenvalue weighted by molar-refractivity contribution is 0.408. The molecule has 2 rings (SSSR count). The van der Waals surface area contributed by atoms with Gasteiger partial charge in [-0.2, -0.15) is 0 Å². The molecule has 0 aliphatic heterocycles. The summed E-state index contributed by atoms with van der Waals surface area (Å²) in [4.78, 5) is 8.49. The van der Waals surface area contributed by atoms with Crippen LogP contribution in [0.4, 0.5) is 0 Å². The number of hydrogen-bond donors (Lipinski definition) is 2. The van der Waals surface area contributed by atoms with Crippen molar-refractivity contribution in [1.29, 1.82) is 0 Å². The van der Waals surface area contributed by atoms with E-state index >= 15 is 0 Å². The van der Waals surface area contributed by atoms with Gasteiger partial charge < -0.3 is 15.4 Å². The number of nitrogens with one attached hydrogen (secondary N) is 2. The van der Waals surface area contributed by atoms with Crippen LogP contribution in [-0.2, 0) is 13.1 Å². The van der Waals surface area contributed by atoms with E-state index in [1.807, 2.05) is 31.2 Å². The number of aryl methyl sites for hydroxylation is 1. The van der Waals surface area contributed by atoms with Gasteiger partial charge in [-0.05, 0) is 30.7 Å². The zero-order chi connectivity index (χ0) is 15.8. The number of rotatable bonds is 5. The van der Waals surface area contributed by atoms with Crippen LogP contribution >= 0.6 is 0 Å². The molecule has 1 heterocycles. The van der Waals surface area contributed by atoms with Gasteiger partial charge in [0.05, 0.1) is 19.3 Å². The van der Waals surface area contributed by atoms with Crippen molar-refractivity contribution in [1.82, 2.24) is 15.6 Å². The number of aromatic nitrogens is 1. The van der Waals surface area contributed by atoms with E-state index in [2.05, 4.69) is 32.7 Å². The molecular weight excluding hydrogens is 276 g/mol. The third-order valence-electron chi connectivity index (χ3n) is 3.28. The Balaban J connectivity index is 1.91. The van der Waals surface area contributed by atoms with Gasteiger partial charge >= 0.3 is 0 Å². The highest BCUT2D eigenvalue weighted by Crippen LogP contribution is 2.19. The van der Waals surface area contributed by atoms with Gasteiger partial charge in [0.15, 0.2) is 5.96 Å². The number of nitrogens with zero attached hydrogens (tertiary/aromatic N) is 2. The third kappa shape index (κ3) is 4.48. The minimum atomic E-state index is 0.631. The first kappa shape index (κ1) is 15.8. The maximum atomic E-state index is 5.41. The zero-order valence-electron chi connectivity index (χ0n) is 13.3. The average Bonchev–Trinajstić information content (AvgIpc) is 2.56. The summed E-state index contributed by atoms with van der Waals surface area (Å²) in [5.41, 5.74) is 3.24. The topological polar surface area (TPSA) is 58.5 Å². The Hall–Kier alpha value is -2.56. The third-order valence-corrected chi connectivity index (χ3v) is 3.28. The Kier molecular flexibility index (Phi) is 5.77. The first-order chi connectivity index (χ1) is 10.7. The fourth-order valence-corrected chi connectivity index (χ4v) is 2.07. The van der Waals surface area contributed by atoms with Crippen LogP contribution in [-0.4, -0.2) is 25.1 Å². The molecule has 5 nitrogen and oxygen atoms in total. The Morgan fingerprint density at radius 3 is 2.68 bits per heavy atom. The van der Waals surface area contributed by atoms with Gasteiger partial charge in [-0.3, -0.25) is 9.98 Å². The average molecular weight is 298 g/mol. The van der Waals surface area contributed by atoms with Crippen molar-refractivity contribution >= 4 is 5.96 Å². The largest absolute Gasteiger partial charge is 0.496 e. The fraction of sp³-hybridized carbons (Fsp3) is 0.294. The zero-order valence-corrected chi connectivity index (χ0v) is 13.3. The van der Waals surface area contributed by atoms with Gasteiger partial charge in [-0.1, -0.05) is 18.2 Å². The van der Waals surface area contributed by atoms with E-state index in [4.69, 9.17) is 4.74 Å². The molecule has 0 spiro atoms. The van der Waals surface area contributed by atoms with Gasteiger partial charge in [0.1, 0.15) is 5.75 Å². The Morgan fingerprint density at radius 1 is 1.18 bits per heavy atom. The van der Waals surface area contributed by atoms with E-state index in [9.17, 15) is 0 Å². The summed E-state index contributed by atoms with van der Waals surface area (Å²) in [5, 5.41) is 6.52. The first-order valence-electron chi connectivity index (χ1n) is 7.21. The SMILES string of the molecule is CN=C(NCc1ccccn1)NCc1ccc(C)cc1OC. The molecule has 0 atom stereocenters. The van der Waals surface area contributed by atoms with Crippen molar-refractivity contribution in [2.75, 3.05) is 14.2 Å². The molecule has 0 bridgehead atoms. The van der Waals surface area contributed by atoms with Crippen LogP contribution < -0.4 is 15.4 Å². The number of hydrogen-bond acceptors (Lipinski definition) is 3. The molecular formula is C17H22N4O. The summed E-state index contributed by atoms with van der Waals surface area (Å²) < 4.78 is 5.41. The second-order valence-electron chi connectivity index (χ2n) is 4.92. The minimum Gasteiger partial charge on any atom is -0.496 e. The van der Waals surface area contributed by atoms with Gasteiger partial charge in [0.25, 0.3) is 0 Å². The quantitative estimate of drug-likeness (QED) is 0.657. The van der Waals surface area contributed by atoms with Crippen LogP contribution in [0.2, 0.25) is 0 Å². The van der Waals surface area contributed by atoms with Crippen LogP contribution in [0.5, 0.6) is 5.75 Å². The molecule has 0 radical (unpaired) electrons. The molecule has 1 aromatic carbocycles. The molecule has 5 heteroatoms. The number of methoxy groups -OCH3 is 1. The number of guanidine groups is 1. The summed E-state index contributed by atoms with van der Waals surface area (Å²) >= 11 is 0. The molecule has 1 aromatic heterocycles. The maximum Gasteiger partial charge on any atom is 0.191 e. The van der Waals surface area contributed by atoms with Crippen LogP contribution in [0.1, 0.15) is 16.8 Å². The van der Waals surface area contributed by atoms with Gasteiger partial charge in [-0.25, -0.2) is 0 Å². The number of benzene rings is 1. The standard InChI is InChI=1S/C17H22N4O/c1-13-7-8-14(16(10-13)22-3)11-20-17(18-2)21-12-15-6-4-5-9-19-15/h4-10H,11-12H2,1-3H3,(H2,18,20,21). The minimum absolute atomic E-state index is 0.631. The van der Waals surface area contributed by atoms with Crippen LogP contribution in [0.3, 0.4) is 0 Å². The summed E-state index contributed by atoms with van der Waals surface area (Å²) in [6.45, 7) is 3.32. The Bertz CT molecular complexity index is 626. The van der Waals surface area contributed by atoms with E-state index in [0.717, 1.165) is 23.0 Å². The molecule has 0 unspecified atom stereocenters. The molecule has 0 fully saturated rings. The normalized spacial score (nSPS) is 11.1. The van der Waals surface area contributed by atoms with Crippen LogP contribution in [0.25, 0.3) is 0 Å². The van der Waals surface area contributed by atoms with Gasteiger partial charge in [0.2, 0.25) is 0 Å². The van der Waals surface area contributed by atoms with E-state index in [0.29, 0.717) is 13.1 Å². The second-order valence-corrected chi connectivity index (χ2v) is 4.92. The van der Waals surface area contributed by atoms with Crippen molar-refractivity contribution in [2.24, 2.45) is 4.99 Å². The molecule has 0 saturated carbocycles. The number of pyridine rings is 1. The van der Waals surface area contributed by atoms with Gasteiger partial charge in [0, 0.05) is 25.4 Å². The molecule has 22 heavy (non-hydrogen) atoms. The van der Waals surface area contributed by atoms with E-state index in [1.165, 1.54) is 5.56 Å². The van der Waals surface area contributed by atoms with Crippen LogP contribution in [0, 0.1) is 6.92 Å². The predicted molar refractivity (Wildman–Crippen MR) is 89.0 cm³/mol. The van der Waals surface area contributed by atoms with Crippen molar-refractivity contribution in [3.05, 3.63) is 59.4 Å². The number of aliphatic imine (C=N–C) groups is 1. The molecule has 116 valence electrons. The van der Waals surface area contributed by atoms with E-state index in [-0.39, 0.29) is 0 Å². The molecule has 0 saturated heterocycles. The number of ether oxygens (including phenoxy) is 1. The lowest BCUT2D eigenvalue weighted by atomic mass is 10.1. The Labute approximate surface area is 131 Å². The fourth-order valence-electron chi connectivity index (χ4n) is 2.07. The first-order valence-corrected chi connectivity index (χ1v) is 7.21. The predicted octanol–water partition coefficient (Wildman–Crippen LogP) is 2.26.